The number of aldehydes is 1. The first-order valence-corrected chi connectivity index (χ1v) is 5.24. The van der Waals surface area contributed by atoms with Gasteiger partial charge in [0.1, 0.15) is 5.75 Å². The van der Waals surface area contributed by atoms with Gasteiger partial charge in [0.05, 0.1) is 0 Å². The van der Waals surface area contributed by atoms with Gasteiger partial charge in [-0.05, 0) is 12.1 Å². The summed E-state index contributed by atoms with van der Waals surface area (Å²) in [4.78, 5) is 10.7. The van der Waals surface area contributed by atoms with Gasteiger partial charge < -0.3 is 5.11 Å². The second-order valence-corrected chi connectivity index (χ2v) is 4.41. The zero-order valence-corrected chi connectivity index (χ0v) is 8.85. The number of rotatable bonds is 1. The summed E-state index contributed by atoms with van der Waals surface area (Å²) in [6.07, 6.45) is 0.795. The number of hydrogen-bond donors (Lipinski definition) is 1. The van der Waals surface area contributed by atoms with Crippen LogP contribution in [0.15, 0.2) is 22.0 Å². The van der Waals surface area contributed by atoms with Crippen LogP contribution in [0.1, 0.15) is 10.4 Å². The molecule has 13 heavy (non-hydrogen) atoms. The molecule has 0 fully saturated rings. The largest absolute Gasteiger partial charge is 0.506 e. The first-order chi connectivity index (χ1) is 6.22. The number of carbonyl (C=O) groups is 1. The number of thiophene rings is 1. The van der Waals surface area contributed by atoms with E-state index in [2.05, 4.69) is 15.9 Å². The van der Waals surface area contributed by atoms with E-state index in [1.165, 1.54) is 11.3 Å². The fourth-order valence-electron chi connectivity index (χ4n) is 1.20. The Balaban J connectivity index is 2.91. The predicted molar refractivity (Wildman–Crippen MR) is 56.6 cm³/mol. The molecule has 2 aromatic rings. The topological polar surface area (TPSA) is 37.3 Å². The van der Waals surface area contributed by atoms with E-state index in [0.29, 0.717) is 5.56 Å². The number of aromatic hydroxyl groups is 1. The molecule has 1 heterocycles. The van der Waals surface area contributed by atoms with E-state index in [1.807, 2.05) is 0 Å². The normalized spacial score (nSPS) is 10.5. The molecule has 2 rings (SSSR count). The van der Waals surface area contributed by atoms with Crippen LogP contribution in [0, 0.1) is 0 Å². The fraction of sp³-hybridized carbons (Fsp3) is 0. The molecule has 1 aromatic carbocycles. The van der Waals surface area contributed by atoms with Gasteiger partial charge in [-0.2, -0.15) is 0 Å². The maximum Gasteiger partial charge on any atom is 0.151 e. The third-order valence-electron chi connectivity index (χ3n) is 1.77. The van der Waals surface area contributed by atoms with E-state index in [1.54, 1.807) is 17.5 Å². The highest BCUT2D eigenvalue weighted by atomic mass is 79.9. The second-order valence-electron chi connectivity index (χ2n) is 2.61. The van der Waals surface area contributed by atoms with Crippen molar-refractivity contribution in [1.82, 2.24) is 0 Å². The molecule has 0 bridgehead atoms. The minimum atomic E-state index is 0.226. The molecule has 0 amide bonds. The van der Waals surface area contributed by atoms with Gasteiger partial charge in [-0.25, -0.2) is 0 Å². The molecule has 0 radical (unpaired) electrons. The smallest absolute Gasteiger partial charge is 0.151 e. The van der Waals surface area contributed by atoms with Crippen molar-refractivity contribution in [3.8, 4) is 5.75 Å². The highest BCUT2D eigenvalue weighted by Gasteiger charge is 2.07. The summed E-state index contributed by atoms with van der Waals surface area (Å²) in [6.45, 7) is 0. The molecule has 66 valence electrons. The average molecular weight is 257 g/mol. The summed E-state index contributed by atoms with van der Waals surface area (Å²) in [5.74, 6) is 0.226. The van der Waals surface area contributed by atoms with Gasteiger partial charge in [0.25, 0.3) is 0 Å². The SMILES string of the molecule is O=Cc1cc(Br)cc2c(O)csc12. The zero-order chi connectivity index (χ0) is 9.42. The second kappa shape index (κ2) is 3.12. The quantitative estimate of drug-likeness (QED) is 0.796. The van der Waals surface area contributed by atoms with Crippen molar-refractivity contribution in [3.63, 3.8) is 0 Å². The average Bonchev–Trinajstić information content (AvgIpc) is 2.47. The molecule has 0 spiro atoms. The fourth-order valence-corrected chi connectivity index (χ4v) is 2.57. The van der Waals surface area contributed by atoms with E-state index in [0.717, 1.165) is 20.8 Å². The number of benzene rings is 1. The number of carbonyl (C=O) groups excluding carboxylic acids is 1. The van der Waals surface area contributed by atoms with E-state index >= 15 is 0 Å². The van der Waals surface area contributed by atoms with Gasteiger partial charge in [0, 0.05) is 25.5 Å². The summed E-state index contributed by atoms with van der Waals surface area (Å²) >= 11 is 4.65. The Labute approximate surface area is 86.9 Å². The van der Waals surface area contributed by atoms with Gasteiger partial charge in [-0.1, -0.05) is 15.9 Å². The third kappa shape index (κ3) is 1.36. The van der Waals surface area contributed by atoms with Gasteiger partial charge in [-0.3, -0.25) is 4.79 Å². The molecule has 0 saturated heterocycles. The van der Waals surface area contributed by atoms with Gasteiger partial charge in [0.15, 0.2) is 6.29 Å². The summed E-state index contributed by atoms with van der Waals surface area (Å²) in [7, 11) is 0. The molecule has 1 N–H and O–H groups in total. The minimum absolute atomic E-state index is 0.226. The zero-order valence-electron chi connectivity index (χ0n) is 6.45. The summed E-state index contributed by atoms with van der Waals surface area (Å²) in [6, 6.07) is 3.54. The standard InChI is InChI=1S/C9H5BrO2S/c10-6-1-5(3-11)9-7(2-6)8(12)4-13-9/h1-4,12H. The lowest BCUT2D eigenvalue weighted by Crippen LogP contribution is -1.79. The van der Waals surface area contributed by atoms with Crippen LogP contribution in [0.4, 0.5) is 0 Å². The Morgan fingerprint density at radius 3 is 2.92 bits per heavy atom. The maximum atomic E-state index is 10.7. The highest BCUT2D eigenvalue weighted by Crippen LogP contribution is 2.35. The van der Waals surface area contributed by atoms with Gasteiger partial charge >= 0.3 is 0 Å². The van der Waals surface area contributed by atoms with E-state index in [4.69, 9.17) is 0 Å². The molecule has 1 aromatic heterocycles. The van der Waals surface area contributed by atoms with Crippen LogP contribution in [0.25, 0.3) is 10.1 Å². The van der Waals surface area contributed by atoms with Crippen LogP contribution >= 0.6 is 27.3 Å². The third-order valence-corrected chi connectivity index (χ3v) is 3.26. The number of halogens is 1. The molecular weight excluding hydrogens is 252 g/mol. The van der Waals surface area contributed by atoms with Crippen molar-refractivity contribution in [2.24, 2.45) is 0 Å². The summed E-state index contributed by atoms with van der Waals surface area (Å²) in [5, 5.41) is 11.8. The molecule has 0 unspecified atom stereocenters. The van der Waals surface area contributed by atoms with Crippen molar-refractivity contribution in [2.45, 2.75) is 0 Å². The van der Waals surface area contributed by atoms with Crippen LogP contribution in [0.2, 0.25) is 0 Å². The van der Waals surface area contributed by atoms with Gasteiger partial charge in [-0.15, -0.1) is 11.3 Å². The van der Waals surface area contributed by atoms with Crippen LogP contribution in [-0.2, 0) is 0 Å². The predicted octanol–water partition coefficient (Wildman–Crippen LogP) is 3.18. The van der Waals surface area contributed by atoms with Crippen LogP contribution in [0.3, 0.4) is 0 Å². The lowest BCUT2D eigenvalue weighted by molar-refractivity contribution is 0.112. The number of fused-ring (bicyclic) bond motifs is 1. The van der Waals surface area contributed by atoms with Crippen LogP contribution in [-0.4, -0.2) is 11.4 Å². The summed E-state index contributed by atoms with van der Waals surface area (Å²) in [5.41, 5.74) is 0.606. The molecule has 4 heteroatoms. The highest BCUT2D eigenvalue weighted by molar-refractivity contribution is 9.10. The van der Waals surface area contributed by atoms with Crippen molar-refractivity contribution in [2.75, 3.05) is 0 Å². The molecular formula is C9H5BrO2S. The van der Waals surface area contributed by atoms with Gasteiger partial charge in [0.2, 0.25) is 0 Å². The summed E-state index contributed by atoms with van der Waals surface area (Å²) < 4.78 is 1.63. The lowest BCUT2D eigenvalue weighted by atomic mass is 10.2. The van der Waals surface area contributed by atoms with Crippen molar-refractivity contribution < 1.29 is 9.90 Å². The number of hydrogen-bond acceptors (Lipinski definition) is 3. The Morgan fingerprint density at radius 1 is 1.46 bits per heavy atom. The monoisotopic (exact) mass is 256 g/mol. The van der Waals surface area contributed by atoms with E-state index in [9.17, 15) is 9.90 Å². The molecule has 2 nitrogen and oxygen atoms in total. The Morgan fingerprint density at radius 2 is 2.23 bits per heavy atom. The first kappa shape index (κ1) is 8.72. The molecule has 0 aliphatic rings. The Hall–Kier alpha value is -0.870. The molecule has 0 atom stereocenters. The van der Waals surface area contributed by atoms with E-state index < -0.39 is 0 Å². The van der Waals surface area contributed by atoms with E-state index in [-0.39, 0.29) is 5.75 Å². The van der Waals surface area contributed by atoms with Crippen molar-refractivity contribution in [1.29, 1.82) is 0 Å². The maximum absolute atomic E-state index is 10.7. The lowest BCUT2D eigenvalue weighted by Gasteiger charge is -1.96. The Kier molecular flexibility index (Phi) is 2.09. The van der Waals surface area contributed by atoms with Crippen LogP contribution < -0.4 is 0 Å². The van der Waals surface area contributed by atoms with Crippen LogP contribution in [0.5, 0.6) is 5.75 Å². The molecule has 0 saturated carbocycles. The van der Waals surface area contributed by atoms with Crippen molar-refractivity contribution >= 4 is 43.6 Å². The first-order valence-electron chi connectivity index (χ1n) is 3.57. The molecule has 0 aliphatic heterocycles. The Bertz CT molecular complexity index is 476. The molecule has 0 aliphatic carbocycles. The minimum Gasteiger partial charge on any atom is -0.506 e. The van der Waals surface area contributed by atoms with Crippen molar-refractivity contribution in [3.05, 3.63) is 27.5 Å².